The summed E-state index contributed by atoms with van der Waals surface area (Å²) in [6.07, 6.45) is -0.943. The number of halogens is 2. The molecule has 13 nitrogen and oxygen atoms in total. The normalized spacial score (nSPS) is 10.4. The van der Waals surface area contributed by atoms with Crippen molar-refractivity contribution in [2.75, 3.05) is 32.7 Å². The number of anilines is 1. The summed E-state index contributed by atoms with van der Waals surface area (Å²) >= 11 is 1.02. The van der Waals surface area contributed by atoms with Crippen LogP contribution < -0.4 is 4.90 Å². The second-order valence-electron chi connectivity index (χ2n) is 8.72. The number of aliphatic carboxylic acids is 2. The highest BCUT2D eigenvalue weighted by Gasteiger charge is 2.33. The van der Waals surface area contributed by atoms with Gasteiger partial charge in [0, 0.05) is 34.7 Å². The zero-order valence-corrected chi connectivity index (χ0v) is 24.1. The smallest absolute Gasteiger partial charge is 0.414 e. The largest absolute Gasteiger partial charge is 0.473 e. The number of rotatable bonds is 9. The molecule has 0 aliphatic carbocycles. The maximum Gasteiger partial charge on any atom is 0.414 e. The van der Waals surface area contributed by atoms with Gasteiger partial charge in [0.1, 0.15) is 16.6 Å². The van der Waals surface area contributed by atoms with Gasteiger partial charge >= 0.3 is 24.0 Å². The fourth-order valence-corrected chi connectivity index (χ4v) is 4.96. The summed E-state index contributed by atoms with van der Waals surface area (Å²) in [5, 5.41) is 26.0. The lowest BCUT2D eigenvalue weighted by Gasteiger charge is -2.22. The van der Waals surface area contributed by atoms with Crippen molar-refractivity contribution in [3.8, 4) is 10.4 Å². The number of nitrogens with zero attached hydrogens (tertiary/aromatic N) is 3. The molecule has 1 amide bonds. The van der Waals surface area contributed by atoms with E-state index < -0.39 is 47.1 Å². The number of carbonyl (C=O) groups is 4. The molecule has 16 heteroatoms. The number of non-ortho nitro benzene ring substituents is 1. The zero-order valence-electron chi connectivity index (χ0n) is 23.3. The molecular formula is C27H27F2N3O10S. The third-order valence-corrected chi connectivity index (χ3v) is 6.79. The van der Waals surface area contributed by atoms with Crippen LogP contribution in [0.3, 0.4) is 0 Å². The van der Waals surface area contributed by atoms with E-state index in [1.807, 2.05) is 0 Å². The molecule has 0 fully saturated rings. The maximum absolute atomic E-state index is 14.5. The van der Waals surface area contributed by atoms with Crippen LogP contribution in [0.5, 0.6) is 0 Å². The van der Waals surface area contributed by atoms with E-state index in [0.717, 1.165) is 35.5 Å². The van der Waals surface area contributed by atoms with Crippen LogP contribution in [0.4, 0.5) is 24.3 Å². The van der Waals surface area contributed by atoms with Gasteiger partial charge in [-0.2, -0.15) is 0 Å². The van der Waals surface area contributed by atoms with Gasteiger partial charge in [0.2, 0.25) is 0 Å². The Hall–Kier alpha value is -4.96. The molecule has 0 saturated carbocycles. The standard InChI is InChI=1S/C25H25F2N3O6S.C2H2O4/c1-5-36-24(31)21-18(13-28(2)3)22(15-9-11-16(12-10-15)30(33)34)37-23(21)29(25(32)35-4)14-17-19(26)7-6-8-20(17)27;3-1(4)2(5)6/h6-12H,5,13-14H2,1-4H3;(H,3,4)(H,5,6). The lowest BCUT2D eigenvalue weighted by molar-refractivity contribution is -0.384. The predicted molar refractivity (Wildman–Crippen MR) is 150 cm³/mol. The Morgan fingerprint density at radius 1 is 0.953 bits per heavy atom. The fraction of sp³-hybridized carbons (Fsp3) is 0.259. The van der Waals surface area contributed by atoms with Crippen LogP contribution in [0, 0.1) is 21.7 Å². The Kier molecular flexibility index (Phi) is 12.2. The van der Waals surface area contributed by atoms with Crippen LogP contribution in [-0.2, 0) is 32.2 Å². The topological polar surface area (TPSA) is 177 Å². The van der Waals surface area contributed by atoms with Crippen molar-refractivity contribution in [3.05, 3.63) is 80.9 Å². The lowest BCUT2D eigenvalue weighted by atomic mass is 10.0. The fourth-order valence-electron chi connectivity index (χ4n) is 3.66. The number of thiophene rings is 1. The van der Waals surface area contributed by atoms with Crippen LogP contribution in [0.15, 0.2) is 42.5 Å². The first-order chi connectivity index (χ1) is 20.2. The van der Waals surface area contributed by atoms with Gasteiger partial charge in [0.25, 0.3) is 5.69 Å². The van der Waals surface area contributed by atoms with E-state index in [0.29, 0.717) is 16.0 Å². The highest BCUT2D eigenvalue weighted by atomic mass is 32.1. The van der Waals surface area contributed by atoms with Gasteiger partial charge in [-0.1, -0.05) is 6.07 Å². The van der Waals surface area contributed by atoms with Crippen LogP contribution >= 0.6 is 11.3 Å². The number of esters is 1. The van der Waals surface area contributed by atoms with E-state index in [1.165, 1.54) is 30.3 Å². The van der Waals surface area contributed by atoms with Crippen molar-refractivity contribution in [2.45, 2.75) is 20.0 Å². The van der Waals surface area contributed by atoms with Gasteiger partial charge in [-0.3, -0.25) is 15.0 Å². The van der Waals surface area contributed by atoms with Crippen LogP contribution in [0.25, 0.3) is 10.4 Å². The summed E-state index contributed by atoms with van der Waals surface area (Å²) < 4.78 is 39.2. The highest BCUT2D eigenvalue weighted by molar-refractivity contribution is 7.20. The monoisotopic (exact) mass is 623 g/mol. The Bertz CT molecular complexity index is 1480. The van der Waals surface area contributed by atoms with Crippen molar-refractivity contribution in [1.82, 2.24) is 4.90 Å². The first-order valence-electron chi connectivity index (χ1n) is 12.2. The molecule has 0 aliphatic rings. The number of hydrogen-bond donors (Lipinski definition) is 2. The number of methoxy groups -OCH3 is 1. The summed E-state index contributed by atoms with van der Waals surface area (Å²) in [4.78, 5) is 58.2. The van der Waals surface area contributed by atoms with Crippen molar-refractivity contribution >= 4 is 46.0 Å². The average Bonchev–Trinajstić information content (AvgIpc) is 3.31. The van der Waals surface area contributed by atoms with Crippen LogP contribution in [-0.4, -0.2) is 71.8 Å². The van der Waals surface area contributed by atoms with E-state index in [4.69, 9.17) is 29.3 Å². The third kappa shape index (κ3) is 8.76. The molecule has 0 aliphatic heterocycles. The zero-order chi connectivity index (χ0) is 32.4. The molecule has 3 rings (SSSR count). The summed E-state index contributed by atoms with van der Waals surface area (Å²) in [6.45, 7) is 1.35. The highest BCUT2D eigenvalue weighted by Crippen LogP contribution is 2.44. The van der Waals surface area contributed by atoms with Crippen LogP contribution in [0.2, 0.25) is 0 Å². The minimum absolute atomic E-state index is 0.0380. The van der Waals surface area contributed by atoms with E-state index in [9.17, 15) is 28.5 Å². The summed E-state index contributed by atoms with van der Waals surface area (Å²) in [5.41, 5.74) is 0.566. The quantitative estimate of drug-likeness (QED) is 0.145. The van der Waals surface area contributed by atoms with Gasteiger partial charge in [-0.05, 0) is 50.8 Å². The number of ether oxygens (including phenoxy) is 2. The molecule has 0 bridgehead atoms. The summed E-state index contributed by atoms with van der Waals surface area (Å²) in [6, 6.07) is 9.04. The lowest BCUT2D eigenvalue weighted by Crippen LogP contribution is -2.32. The molecule has 0 radical (unpaired) electrons. The summed E-state index contributed by atoms with van der Waals surface area (Å²) in [5.74, 6) is -6.12. The van der Waals surface area contributed by atoms with Crippen molar-refractivity contribution < 1.29 is 52.6 Å². The number of nitro benzene ring substituents is 1. The molecule has 0 spiro atoms. The Morgan fingerprint density at radius 3 is 1.95 bits per heavy atom. The number of carbonyl (C=O) groups excluding carboxylic acids is 2. The molecule has 230 valence electrons. The number of amides is 1. The minimum atomic E-state index is -1.82. The van der Waals surface area contributed by atoms with Gasteiger partial charge in [-0.15, -0.1) is 11.3 Å². The average molecular weight is 624 g/mol. The molecule has 0 atom stereocenters. The molecule has 1 aromatic heterocycles. The second kappa shape index (κ2) is 15.3. The van der Waals surface area contributed by atoms with Gasteiger partial charge in [-0.25, -0.2) is 28.0 Å². The number of hydrogen-bond acceptors (Lipinski definition) is 10. The number of carboxylic acids is 2. The Morgan fingerprint density at radius 2 is 1.51 bits per heavy atom. The Balaban J connectivity index is 0.000000973. The number of benzene rings is 2. The van der Waals surface area contributed by atoms with Crippen molar-refractivity contribution in [3.63, 3.8) is 0 Å². The second-order valence-corrected chi connectivity index (χ2v) is 9.72. The molecule has 2 aromatic carbocycles. The predicted octanol–water partition coefficient (Wildman–Crippen LogP) is 4.77. The molecular weight excluding hydrogens is 596 g/mol. The van der Waals surface area contributed by atoms with Crippen LogP contribution in [0.1, 0.15) is 28.4 Å². The molecule has 3 aromatic rings. The molecule has 43 heavy (non-hydrogen) atoms. The van der Waals surface area contributed by atoms with E-state index in [-0.39, 0.29) is 35.0 Å². The first-order valence-corrected chi connectivity index (χ1v) is 13.0. The Labute approximate surface area is 247 Å². The molecule has 2 N–H and O–H groups in total. The van der Waals surface area contributed by atoms with Gasteiger partial charge in [0.05, 0.1) is 30.7 Å². The van der Waals surface area contributed by atoms with Gasteiger partial charge in [0.15, 0.2) is 0 Å². The number of carboxylic acid groups (broad SMARTS) is 2. The van der Waals surface area contributed by atoms with Crippen molar-refractivity contribution in [2.24, 2.45) is 0 Å². The van der Waals surface area contributed by atoms with Gasteiger partial charge < -0.3 is 24.6 Å². The third-order valence-electron chi connectivity index (χ3n) is 5.48. The minimum Gasteiger partial charge on any atom is -0.473 e. The molecule has 0 unspecified atom stereocenters. The van der Waals surface area contributed by atoms with E-state index in [2.05, 4.69) is 0 Å². The first kappa shape index (κ1) is 34.2. The van der Waals surface area contributed by atoms with E-state index >= 15 is 0 Å². The van der Waals surface area contributed by atoms with Crippen molar-refractivity contribution in [1.29, 1.82) is 0 Å². The molecule has 0 saturated heterocycles. The maximum atomic E-state index is 14.5. The summed E-state index contributed by atoms with van der Waals surface area (Å²) in [7, 11) is 4.67. The molecule has 1 heterocycles. The van der Waals surface area contributed by atoms with E-state index in [1.54, 1.807) is 25.9 Å². The number of nitro groups is 1. The SMILES string of the molecule is CCOC(=O)c1c(N(Cc2c(F)cccc2F)C(=O)OC)sc(-c2ccc([N+](=O)[O-])cc2)c1CN(C)C.O=C(O)C(=O)O.